The molecule has 1 aromatic rings. The predicted molar refractivity (Wildman–Crippen MR) is 65.7 cm³/mol. The number of esters is 1. The number of nitriles is 2. The van der Waals surface area contributed by atoms with Crippen LogP contribution in [0.3, 0.4) is 0 Å². The van der Waals surface area contributed by atoms with Crippen molar-refractivity contribution in [3.63, 3.8) is 0 Å². The standard InChI is InChI=1S/C13H13N3O2/c1-4-18-13(17)11-7(2)9(5-14)12(16)10(6-15)8(11)3/h4,16H2,1-3H3. The molecule has 92 valence electrons. The van der Waals surface area contributed by atoms with E-state index >= 15 is 0 Å². The Balaban J connectivity index is 3.69. The van der Waals surface area contributed by atoms with Crippen LogP contribution in [0, 0.1) is 36.5 Å². The second kappa shape index (κ2) is 5.20. The molecule has 0 atom stereocenters. The van der Waals surface area contributed by atoms with Crippen molar-refractivity contribution in [3.8, 4) is 12.1 Å². The third kappa shape index (κ3) is 1.99. The molecule has 5 nitrogen and oxygen atoms in total. The molecule has 0 amide bonds. The van der Waals surface area contributed by atoms with E-state index in [1.54, 1.807) is 20.8 Å². The van der Waals surface area contributed by atoms with Gasteiger partial charge >= 0.3 is 5.97 Å². The fourth-order valence-electron chi connectivity index (χ4n) is 1.86. The van der Waals surface area contributed by atoms with Crippen molar-refractivity contribution in [2.75, 3.05) is 12.3 Å². The van der Waals surface area contributed by atoms with Gasteiger partial charge in [-0.1, -0.05) is 0 Å². The van der Waals surface area contributed by atoms with E-state index in [1.165, 1.54) is 0 Å². The van der Waals surface area contributed by atoms with Crippen LogP contribution in [0.15, 0.2) is 0 Å². The zero-order valence-electron chi connectivity index (χ0n) is 10.5. The summed E-state index contributed by atoms with van der Waals surface area (Å²) in [6.45, 7) is 5.16. The maximum absolute atomic E-state index is 11.9. The van der Waals surface area contributed by atoms with E-state index in [4.69, 9.17) is 21.0 Å². The van der Waals surface area contributed by atoms with Gasteiger partial charge < -0.3 is 10.5 Å². The molecule has 0 spiro atoms. The molecule has 0 unspecified atom stereocenters. The predicted octanol–water partition coefficient (Wildman–Crippen LogP) is 1.81. The molecule has 0 saturated carbocycles. The summed E-state index contributed by atoms with van der Waals surface area (Å²) in [7, 11) is 0. The molecule has 0 aliphatic carbocycles. The van der Waals surface area contributed by atoms with Gasteiger partial charge in [0.15, 0.2) is 0 Å². The van der Waals surface area contributed by atoms with Gasteiger partial charge in [0, 0.05) is 0 Å². The number of hydrogen-bond acceptors (Lipinski definition) is 5. The van der Waals surface area contributed by atoms with E-state index in [9.17, 15) is 4.79 Å². The number of nitrogen functional groups attached to an aromatic ring is 1. The molecule has 2 N–H and O–H groups in total. The lowest BCUT2D eigenvalue weighted by Gasteiger charge is -2.14. The molecule has 0 saturated heterocycles. The third-order valence-electron chi connectivity index (χ3n) is 2.74. The summed E-state index contributed by atoms with van der Waals surface area (Å²) in [5.41, 5.74) is 7.32. The number of rotatable bonds is 2. The van der Waals surface area contributed by atoms with Gasteiger partial charge in [-0.2, -0.15) is 10.5 Å². The van der Waals surface area contributed by atoms with E-state index in [0.29, 0.717) is 11.1 Å². The Bertz CT molecular complexity index is 551. The van der Waals surface area contributed by atoms with Crippen LogP contribution in [0.4, 0.5) is 5.69 Å². The Morgan fingerprint density at radius 2 is 1.67 bits per heavy atom. The fourth-order valence-corrected chi connectivity index (χ4v) is 1.86. The highest BCUT2D eigenvalue weighted by atomic mass is 16.5. The molecule has 0 aromatic heterocycles. The summed E-state index contributed by atoms with van der Waals surface area (Å²) in [4.78, 5) is 11.9. The molecule has 0 radical (unpaired) electrons. The molecule has 0 bridgehead atoms. The average molecular weight is 243 g/mol. The lowest BCUT2D eigenvalue weighted by atomic mass is 9.92. The smallest absolute Gasteiger partial charge is 0.338 e. The number of anilines is 1. The summed E-state index contributed by atoms with van der Waals surface area (Å²) in [6, 6.07) is 3.84. The van der Waals surface area contributed by atoms with Gasteiger partial charge in [0.05, 0.1) is 29.0 Å². The van der Waals surface area contributed by atoms with E-state index < -0.39 is 5.97 Å². The van der Waals surface area contributed by atoms with Gasteiger partial charge in [-0.3, -0.25) is 0 Å². The maximum Gasteiger partial charge on any atom is 0.338 e. The van der Waals surface area contributed by atoms with Gasteiger partial charge in [0.1, 0.15) is 12.1 Å². The number of nitrogens with two attached hydrogens (primary N) is 1. The summed E-state index contributed by atoms with van der Waals surface area (Å²) >= 11 is 0. The first-order valence-corrected chi connectivity index (χ1v) is 5.39. The molecule has 0 heterocycles. The van der Waals surface area contributed by atoms with Crippen LogP contribution in [-0.4, -0.2) is 12.6 Å². The van der Waals surface area contributed by atoms with E-state index in [-0.39, 0.29) is 29.0 Å². The summed E-state index contributed by atoms with van der Waals surface area (Å²) in [6.07, 6.45) is 0. The number of benzene rings is 1. The molecule has 0 fully saturated rings. The fraction of sp³-hybridized carbons (Fsp3) is 0.308. The summed E-state index contributed by atoms with van der Waals surface area (Å²) < 4.78 is 4.93. The summed E-state index contributed by atoms with van der Waals surface area (Å²) in [5, 5.41) is 18.1. The molecular weight excluding hydrogens is 230 g/mol. The lowest BCUT2D eigenvalue weighted by molar-refractivity contribution is 0.0524. The van der Waals surface area contributed by atoms with E-state index in [2.05, 4.69) is 0 Å². The normalized spacial score (nSPS) is 9.39. The van der Waals surface area contributed by atoms with Crippen LogP contribution in [0.2, 0.25) is 0 Å². The Morgan fingerprint density at radius 3 is 2.00 bits per heavy atom. The molecule has 0 aliphatic heterocycles. The van der Waals surface area contributed by atoms with Crippen LogP contribution in [0.25, 0.3) is 0 Å². The second-order valence-corrected chi connectivity index (χ2v) is 3.73. The zero-order chi connectivity index (χ0) is 13.9. The largest absolute Gasteiger partial charge is 0.462 e. The first-order valence-electron chi connectivity index (χ1n) is 5.39. The Hall–Kier alpha value is -2.53. The zero-order valence-corrected chi connectivity index (χ0v) is 10.5. The number of nitrogens with zero attached hydrogens (tertiary/aromatic N) is 2. The van der Waals surface area contributed by atoms with Crippen molar-refractivity contribution in [2.24, 2.45) is 0 Å². The van der Waals surface area contributed by atoms with Gasteiger partial charge in [0.2, 0.25) is 0 Å². The average Bonchev–Trinajstić information content (AvgIpc) is 2.30. The van der Waals surface area contributed by atoms with Gasteiger partial charge in [-0.15, -0.1) is 0 Å². The molecular formula is C13H13N3O2. The van der Waals surface area contributed by atoms with Crippen LogP contribution in [0.1, 0.15) is 39.5 Å². The number of ether oxygens (including phenoxy) is 1. The van der Waals surface area contributed by atoms with Crippen LogP contribution < -0.4 is 5.73 Å². The first-order chi connectivity index (χ1) is 8.49. The molecule has 0 aliphatic rings. The molecule has 1 aromatic carbocycles. The SMILES string of the molecule is CCOC(=O)c1c(C)c(C#N)c(N)c(C#N)c1C. The Morgan fingerprint density at radius 1 is 1.22 bits per heavy atom. The van der Waals surface area contributed by atoms with Crippen LogP contribution in [0.5, 0.6) is 0 Å². The molecule has 18 heavy (non-hydrogen) atoms. The minimum Gasteiger partial charge on any atom is -0.462 e. The summed E-state index contributed by atoms with van der Waals surface area (Å²) in [5.74, 6) is -0.541. The highest BCUT2D eigenvalue weighted by Crippen LogP contribution is 2.29. The first kappa shape index (κ1) is 13.5. The van der Waals surface area contributed by atoms with E-state index in [1.807, 2.05) is 12.1 Å². The van der Waals surface area contributed by atoms with Crippen molar-refractivity contribution in [3.05, 3.63) is 27.8 Å². The molecule has 1 rings (SSSR count). The highest BCUT2D eigenvalue weighted by Gasteiger charge is 2.22. The van der Waals surface area contributed by atoms with Crippen molar-refractivity contribution < 1.29 is 9.53 Å². The molecule has 5 heteroatoms. The number of hydrogen-bond donors (Lipinski definition) is 1. The Kier molecular flexibility index (Phi) is 3.91. The van der Waals surface area contributed by atoms with Crippen LogP contribution >= 0.6 is 0 Å². The topological polar surface area (TPSA) is 99.9 Å². The highest BCUT2D eigenvalue weighted by molar-refractivity contribution is 5.96. The maximum atomic E-state index is 11.9. The van der Waals surface area contributed by atoms with Crippen molar-refractivity contribution in [1.82, 2.24) is 0 Å². The van der Waals surface area contributed by atoms with Gasteiger partial charge in [0.25, 0.3) is 0 Å². The van der Waals surface area contributed by atoms with Crippen molar-refractivity contribution in [2.45, 2.75) is 20.8 Å². The van der Waals surface area contributed by atoms with Crippen LogP contribution in [-0.2, 0) is 4.74 Å². The minimum atomic E-state index is -0.541. The number of carbonyl (C=O) groups is 1. The third-order valence-corrected chi connectivity index (χ3v) is 2.74. The van der Waals surface area contributed by atoms with Crippen molar-refractivity contribution >= 4 is 11.7 Å². The second-order valence-electron chi connectivity index (χ2n) is 3.73. The quantitative estimate of drug-likeness (QED) is 0.630. The number of carbonyl (C=O) groups excluding carboxylic acids is 1. The van der Waals surface area contributed by atoms with Crippen molar-refractivity contribution in [1.29, 1.82) is 10.5 Å². The lowest BCUT2D eigenvalue weighted by Crippen LogP contribution is -2.13. The van der Waals surface area contributed by atoms with Gasteiger partial charge in [-0.25, -0.2) is 4.79 Å². The minimum absolute atomic E-state index is 0.114. The van der Waals surface area contributed by atoms with E-state index in [0.717, 1.165) is 0 Å². The van der Waals surface area contributed by atoms with Gasteiger partial charge in [-0.05, 0) is 31.9 Å². The Labute approximate surface area is 105 Å². The monoisotopic (exact) mass is 243 g/mol.